The van der Waals surface area contributed by atoms with Crippen molar-refractivity contribution in [3.63, 3.8) is 0 Å². The van der Waals surface area contributed by atoms with Gasteiger partial charge in [0.15, 0.2) is 0 Å². The number of rotatable bonds is 8. The van der Waals surface area contributed by atoms with Crippen LogP contribution in [-0.4, -0.2) is 63.7 Å². The molecule has 0 aromatic heterocycles. The minimum Gasteiger partial charge on any atom is -0.383 e. The molecule has 20 heavy (non-hydrogen) atoms. The Morgan fingerprint density at radius 1 is 1.45 bits per heavy atom. The summed E-state index contributed by atoms with van der Waals surface area (Å²) in [5.41, 5.74) is -0.323. The molecule has 0 aromatic carbocycles. The van der Waals surface area contributed by atoms with Crippen molar-refractivity contribution in [1.82, 2.24) is 15.5 Å². The highest BCUT2D eigenvalue weighted by molar-refractivity contribution is 5.88. The highest BCUT2D eigenvalue weighted by atomic mass is 16.5. The third kappa shape index (κ3) is 4.45. The Morgan fingerprint density at radius 3 is 2.75 bits per heavy atom. The van der Waals surface area contributed by atoms with Crippen LogP contribution in [0.15, 0.2) is 0 Å². The first kappa shape index (κ1) is 16.9. The number of methoxy groups -OCH3 is 1. The number of nitrogens with zero attached hydrogens (tertiary/aromatic N) is 1. The van der Waals surface area contributed by atoms with Gasteiger partial charge in [-0.2, -0.15) is 0 Å². The van der Waals surface area contributed by atoms with E-state index in [1.807, 2.05) is 0 Å². The van der Waals surface area contributed by atoms with Crippen molar-refractivity contribution in [3.05, 3.63) is 0 Å². The summed E-state index contributed by atoms with van der Waals surface area (Å²) in [4.78, 5) is 25.9. The maximum atomic E-state index is 12.6. The number of amides is 2. The van der Waals surface area contributed by atoms with Crippen molar-refractivity contribution in [3.8, 4) is 0 Å². The van der Waals surface area contributed by atoms with Crippen LogP contribution in [0.1, 0.15) is 26.2 Å². The van der Waals surface area contributed by atoms with E-state index in [4.69, 9.17) is 4.74 Å². The van der Waals surface area contributed by atoms with E-state index in [0.717, 1.165) is 32.4 Å². The largest absolute Gasteiger partial charge is 0.383 e. The normalized spacial score (nSPS) is 21.8. The molecule has 1 unspecified atom stereocenters. The van der Waals surface area contributed by atoms with Crippen LogP contribution in [0.2, 0.25) is 0 Å². The van der Waals surface area contributed by atoms with Crippen LogP contribution in [0.3, 0.4) is 0 Å². The fourth-order valence-electron chi connectivity index (χ4n) is 2.77. The van der Waals surface area contributed by atoms with E-state index in [1.54, 1.807) is 19.1 Å². The molecular weight excluding hydrogens is 258 g/mol. The molecule has 0 saturated carbocycles. The molecule has 2 amide bonds. The Labute approximate surface area is 121 Å². The fraction of sp³-hybridized carbons (Fsp3) is 0.857. The molecule has 0 aliphatic carbocycles. The van der Waals surface area contributed by atoms with E-state index in [9.17, 15) is 9.59 Å². The van der Waals surface area contributed by atoms with E-state index < -0.39 is 0 Å². The summed E-state index contributed by atoms with van der Waals surface area (Å²) in [6.07, 6.45) is 2.70. The fourth-order valence-corrected chi connectivity index (χ4v) is 2.77. The number of carbonyl (C=O) groups is 2. The van der Waals surface area contributed by atoms with Crippen molar-refractivity contribution in [2.75, 3.05) is 46.9 Å². The van der Waals surface area contributed by atoms with E-state index >= 15 is 0 Å². The molecule has 0 aromatic rings. The van der Waals surface area contributed by atoms with Crippen LogP contribution >= 0.6 is 0 Å². The Balaban J connectivity index is 2.50. The highest BCUT2D eigenvalue weighted by Gasteiger charge is 2.42. The lowest BCUT2D eigenvalue weighted by molar-refractivity contribution is -0.143. The molecule has 1 heterocycles. The minimum atomic E-state index is -0.323. The summed E-state index contributed by atoms with van der Waals surface area (Å²) >= 11 is 0. The van der Waals surface area contributed by atoms with Gasteiger partial charge >= 0.3 is 0 Å². The average molecular weight is 285 g/mol. The van der Waals surface area contributed by atoms with Crippen LogP contribution in [0, 0.1) is 5.41 Å². The lowest BCUT2D eigenvalue weighted by atomic mass is 9.81. The van der Waals surface area contributed by atoms with Crippen molar-refractivity contribution in [2.45, 2.75) is 26.2 Å². The van der Waals surface area contributed by atoms with Gasteiger partial charge in [-0.3, -0.25) is 9.59 Å². The standard InChI is InChI=1S/C14H27N3O3/c1-4-5-14(6-7-15-11-14)13(19)17(2)10-12(18)16-8-9-20-3/h15H,4-11H2,1-3H3,(H,16,18). The Hall–Kier alpha value is -1.14. The first-order valence-corrected chi connectivity index (χ1v) is 7.27. The Kier molecular flexibility index (Phi) is 6.95. The summed E-state index contributed by atoms with van der Waals surface area (Å²) in [7, 11) is 3.29. The molecule has 0 spiro atoms. The predicted octanol–water partition coefficient (Wildman–Crippen LogP) is -0.0128. The monoisotopic (exact) mass is 285 g/mol. The van der Waals surface area contributed by atoms with Crippen molar-refractivity contribution in [2.24, 2.45) is 5.41 Å². The SMILES string of the molecule is CCCC1(C(=O)N(C)CC(=O)NCCOC)CCNC1. The Morgan fingerprint density at radius 2 is 2.20 bits per heavy atom. The molecule has 6 heteroatoms. The molecule has 1 saturated heterocycles. The van der Waals surface area contributed by atoms with Crippen molar-refractivity contribution < 1.29 is 14.3 Å². The molecule has 0 bridgehead atoms. The summed E-state index contributed by atoms with van der Waals surface area (Å²) in [5, 5.41) is 6.00. The van der Waals surface area contributed by atoms with Crippen LogP contribution in [-0.2, 0) is 14.3 Å². The van der Waals surface area contributed by atoms with E-state index in [-0.39, 0.29) is 23.8 Å². The number of carbonyl (C=O) groups excluding carboxylic acids is 2. The van der Waals surface area contributed by atoms with Gasteiger partial charge in [-0.15, -0.1) is 0 Å². The second-order valence-corrected chi connectivity index (χ2v) is 5.46. The van der Waals surface area contributed by atoms with Crippen LogP contribution in [0.4, 0.5) is 0 Å². The number of likely N-dealkylation sites (N-methyl/N-ethyl adjacent to an activating group) is 1. The maximum absolute atomic E-state index is 12.6. The zero-order valence-electron chi connectivity index (χ0n) is 12.8. The first-order chi connectivity index (χ1) is 9.55. The number of hydrogen-bond donors (Lipinski definition) is 2. The second kappa shape index (κ2) is 8.21. The van der Waals surface area contributed by atoms with Gasteiger partial charge in [0.1, 0.15) is 0 Å². The third-order valence-electron chi connectivity index (χ3n) is 3.78. The molecule has 1 aliphatic rings. The molecular formula is C14H27N3O3. The summed E-state index contributed by atoms with van der Waals surface area (Å²) in [6.45, 7) is 4.74. The number of ether oxygens (including phenoxy) is 1. The Bertz CT molecular complexity index is 328. The minimum absolute atomic E-state index is 0.0752. The molecule has 0 radical (unpaired) electrons. The number of nitrogens with one attached hydrogen (secondary N) is 2. The predicted molar refractivity (Wildman–Crippen MR) is 77.4 cm³/mol. The van der Waals surface area contributed by atoms with Gasteiger partial charge in [0, 0.05) is 27.2 Å². The van der Waals surface area contributed by atoms with Gasteiger partial charge in [-0.05, 0) is 19.4 Å². The molecule has 1 atom stereocenters. The molecule has 6 nitrogen and oxygen atoms in total. The van der Waals surface area contributed by atoms with E-state index in [2.05, 4.69) is 17.6 Å². The van der Waals surface area contributed by atoms with Crippen LogP contribution < -0.4 is 10.6 Å². The maximum Gasteiger partial charge on any atom is 0.239 e. The second-order valence-electron chi connectivity index (χ2n) is 5.46. The number of hydrogen-bond acceptors (Lipinski definition) is 4. The van der Waals surface area contributed by atoms with Crippen LogP contribution in [0.5, 0.6) is 0 Å². The van der Waals surface area contributed by atoms with E-state index in [0.29, 0.717) is 13.2 Å². The van der Waals surface area contributed by atoms with E-state index in [1.165, 1.54) is 0 Å². The third-order valence-corrected chi connectivity index (χ3v) is 3.78. The van der Waals surface area contributed by atoms with Gasteiger partial charge in [0.2, 0.25) is 11.8 Å². The van der Waals surface area contributed by atoms with Crippen molar-refractivity contribution >= 4 is 11.8 Å². The molecule has 1 rings (SSSR count). The summed E-state index contributed by atoms with van der Waals surface area (Å²) < 4.78 is 4.87. The average Bonchev–Trinajstić information content (AvgIpc) is 2.88. The summed E-state index contributed by atoms with van der Waals surface area (Å²) in [6, 6.07) is 0. The van der Waals surface area contributed by atoms with Gasteiger partial charge in [0.05, 0.1) is 18.6 Å². The van der Waals surface area contributed by atoms with Gasteiger partial charge in [-0.25, -0.2) is 0 Å². The van der Waals surface area contributed by atoms with Gasteiger partial charge in [0.25, 0.3) is 0 Å². The highest BCUT2D eigenvalue weighted by Crippen LogP contribution is 2.32. The topological polar surface area (TPSA) is 70.7 Å². The summed E-state index contributed by atoms with van der Waals surface area (Å²) in [5.74, 6) is -0.0678. The molecule has 1 aliphatic heterocycles. The zero-order chi connectivity index (χ0) is 15.0. The lowest BCUT2D eigenvalue weighted by Crippen LogP contribution is -2.47. The lowest BCUT2D eigenvalue weighted by Gasteiger charge is -2.31. The molecule has 2 N–H and O–H groups in total. The molecule has 116 valence electrons. The smallest absolute Gasteiger partial charge is 0.239 e. The first-order valence-electron chi connectivity index (χ1n) is 7.27. The zero-order valence-corrected chi connectivity index (χ0v) is 12.8. The quantitative estimate of drug-likeness (QED) is 0.615. The molecule has 1 fully saturated rings. The van der Waals surface area contributed by atoms with Crippen molar-refractivity contribution in [1.29, 1.82) is 0 Å². The van der Waals surface area contributed by atoms with Gasteiger partial charge < -0.3 is 20.3 Å². The van der Waals surface area contributed by atoms with Crippen LogP contribution in [0.25, 0.3) is 0 Å². The van der Waals surface area contributed by atoms with Gasteiger partial charge in [-0.1, -0.05) is 13.3 Å².